The third-order valence-corrected chi connectivity index (χ3v) is 2.30. The zero-order valence-corrected chi connectivity index (χ0v) is 8.17. The lowest BCUT2D eigenvalue weighted by atomic mass is 9.94. The van der Waals surface area contributed by atoms with Crippen LogP contribution in [0.2, 0.25) is 0 Å². The van der Waals surface area contributed by atoms with E-state index in [-0.39, 0.29) is 12.1 Å². The van der Waals surface area contributed by atoms with E-state index in [1.54, 1.807) is 0 Å². The molecule has 0 spiro atoms. The van der Waals surface area contributed by atoms with E-state index in [9.17, 15) is 18.3 Å². The molecule has 2 nitrogen and oxygen atoms in total. The summed E-state index contributed by atoms with van der Waals surface area (Å²) >= 11 is 0. The molecule has 0 saturated carbocycles. The van der Waals surface area contributed by atoms with Gasteiger partial charge in [-0.2, -0.15) is 13.2 Å². The second-order valence-electron chi connectivity index (χ2n) is 3.47. The Morgan fingerprint density at radius 1 is 1.20 bits per heavy atom. The average Bonchev–Trinajstić information content (AvgIpc) is 2.16. The van der Waals surface area contributed by atoms with Gasteiger partial charge in [-0.15, -0.1) is 0 Å². The Bertz CT molecular complexity index is 330. The van der Waals surface area contributed by atoms with Crippen LogP contribution in [-0.2, 0) is 12.1 Å². The van der Waals surface area contributed by atoms with Crippen LogP contribution in [-0.4, -0.2) is 11.3 Å². The van der Waals surface area contributed by atoms with E-state index in [4.69, 9.17) is 5.73 Å². The number of hydrogen-bond acceptors (Lipinski definition) is 2. The van der Waals surface area contributed by atoms with Crippen LogP contribution in [0.1, 0.15) is 18.1 Å². The molecular weight excluding hydrogens is 207 g/mol. The maximum Gasteiger partial charge on any atom is 0.421 e. The molecule has 0 aliphatic heterocycles. The normalized spacial score (nSPS) is 16.1. The van der Waals surface area contributed by atoms with Gasteiger partial charge < -0.3 is 10.8 Å². The van der Waals surface area contributed by atoms with Gasteiger partial charge in [-0.3, -0.25) is 0 Å². The topological polar surface area (TPSA) is 46.2 Å². The molecule has 5 heteroatoms. The van der Waals surface area contributed by atoms with Gasteiger partial charge >= 0.3 is 6.18 Å². The first-order valence-corrected chi connectivity index (χ1v) is 4.37. The van der Waals surface area contributed by atoms with Gasteiger partial charge in [0.05, 0.1) is 0 Å². The minimum Gasteiger partial charge on any atom is -0.376 e. The van der Waals surface area contributed by atoms with Crippen molar-refractivity contribution in [2.75, 3.05) is 0 Å². The van der Waals surface area contributed by atoms with Crippen LogP contribution in [0.3, 0.4) is 0 Å². The van der Waals surface area contributed by atoms with Crippen molar-refractivity contribution < 1.29 is 18.3 Å². The molecular formula is C10H12F3NO. The molecule has 0 bridgehead atoms. The van der Waals surface area contributed by atoms with E-state index >= 15 is 0 Å². The van der Waals surface area contributed by atoms with Gasteiger partial charge in [-0.25, -0.2) is 0 Å². The molecule has 0 heterocycles. The molecule has 15 heavy (non-hydrogen) atoms. The lowest BCUT2D eigenvalue weighted by Gasteiger charge is -2.26. The monoisotopic (exact) mass is 219 g/mol. The van der Waals surface area contributed by atoms with Gasteiger partial charge in [0.2, 0.25) is 0 Å². The smallest absolute Gasteiger partial charge is 0.376 e. The number of aliphatic hydroxyl groups is 1. The molecule has 1 atom stereocenters. The predicted octanol–water partition coefficient (Wildman–Crippen LogP) is 1.92. The fourth-order valence-electron chi connectivity index (χ4n) is 1.13. The fraction of sp³-hybridized carbons (Fsp3) is 0.400. The van der Waals surface area contributed by atoms with E-state index in [1.807, 2.05) is 0 Å². The second kappa shape index (κ2) is 3.83. The van der Waals surface area contributed by atoms with Crippen LogP contribution in [0.4, 0.5) is 13.2 Å². The van der Waals surface area contributed by atoms with Crippen molar-refractivity contribution in [1.29, 1.82) is 0 Å². The Labute approximate surface area is 85.5 Å². The number of benzene rings is 1. The molecule has 0 unspecified atom stereocenters. The Morgan fingerprint density at radius 2 is 1.67 bits per heavy atom. The molecule has 0 radical (unpaired) electrons. The molecule has 0 saturated heterocycles. The third-order valence-electron chi connectivity index (χ3n) is 2.30. The largest absolute Gasteiger partial charge is 0.421 e. The zero-order chi connectivity index (χ0) is 11.7. The molecule has 0 aliphatic rings. The highest BCUT2D eigenvalue weighted by Gasteiger charge is 2.50. The van der Waals surface area contributed by atoms with Crippen molar-refractivity contribution in [2.24, 2.45) is 5.73 Å². The van der Waals surface area contributed by atoms with Crippen molar-refractivity contribution in [3.05, 3.63) is 35.4 Å². The summed E-state index contributed by atoms with van der Waals surface area (Å²) in [6, 6.07) is 5.40. The van der Waals surface area contributed by atoms with E-state index in [1.165, 1.54) is 24.3 Å². The van der Waals surface area contributed by atoms with Crippen LogP contribution in [0.15, 0.2) is 24.3 Å². The van der Waals surface area contributed by atoms with E-state index in [0.717, 1.165) is 12.5 Å². The third kappa shape index (κ3) is 2.30. The Hall–Kier alpha value is -1.07. The lowest BCUT2D eigenvalue weighted by molar-refractivity contribution is -0.258. The van der Waals surface area contributed by atoms with Gasteiger partial charge in [0.1, 0.15) is 0 Å². The SMILES string of the molecule is C[C@@](O)(c1ccc(CN)cc1)C(F)(F)F. The summed E-state index contributed by atoms with van der Waals surface area (Å²) in [5.41, 5.74) is 3.02. The first-order valence-electron chi connectivity index (χ1n) is 4.37. The van der Waals surface area contributed by atoms with Crippen LogP contribution in [0.5, 0.6) is 0 Å². The van der Waals surface area contributed by atoms with Crippen molar-refractivity contribution in [3.8, 4) is 0 Å². The van der Waals surface area contributed by atoms with Crippen LogP contribution < -0.4 is 5.73 Å². The maximum absolute atomic E-state index is 12.4. The number of alkyl halides is 3. The molecule has 1 aromatic carbocycles. The summed E-state index contributed by atoms with van der Waals surface area (Å²) in [7, 11) is 0. The van der Waals surface area contributed by atoms with Gasteiger partial charge in [-0.05, 0) is 18.1 Å². The van der Waals surface area contributed by atoms with E-state index < -0.39 is 11.8 Å². The summed E-state index contributed by atoms with van der Waals surface area (Å²) in [6.07, 6.45) is -4.68. The highest BCUT2D eigenvalue weighted by molar-refractivity contribution is 5.27. The highest BCUT2D eigenvalue weighted by atomic mass is 19.4. The Kier molecular flexibility index (Phi) is 3.06. The molecule has 0 aromatic heterocycles. The first kappa shape index (κ1) is 12.0. The summed E-state index contributed by atoms with van der Waals surface area (Å²) in [5, 5.41) is 9.33. The predicted molar refractivity (Wildman–Crippen MR) is 50.0 cm³/mol. The molecule has 3 N–H and O–H groups in total. The summed E-state index contributed by atoms with van der Waals surface area (Å²) in [4.78, 5) is 0. The molecule has 0 fully saturated rings. The standard InChI is InChI=1S/C10H12F3NO/c1-9(15,10(11,12)13)8-4-2-7(6-14)3-5-8/h2-5,15H,6,14H2,1H3/t9-/m1/s1. The Balaban J connectivity index is 3.06. The fourth-order valence-corrected chi connectivity index (χ4v) is 1.13. The molecule has 1 aromatic rings. The van der Waals surface area contributed by atoms with E-state index in [2.05, 4.69) is 0 Å². The minimum atomic E-state index is -4.68. The Morgan fingerprint density at radius 3 is 2.00 bits per heavy atom. The van der Waals surface area contributed by atoms with Crippen LogP contribution in [0.25, 0.3) is 0 Å². The summed E-state index contributed by atoms with van der Waals surface area (Å²) < 4.78 is 37.3. The molecule has 0 aliphatic carbocycles. The zero-order valence-electron chi connectivity index (χ0n) is 8.17. The second-order valence-corrected chi connectivity index (χ2v) is 3.47. The average molecular weight is 219 g/mol. The van der Waals surface area contributed by atoms with Crippen molar-refractivity contribution in [3.63, 3.8) is 0 Å². The van der Waals surface area contributed by atoms with Crippen molar-refractivity contribution in [2.45, 2.75) is 25.2 Å². The highest BCUT2D eigenvalue weighted by Crippen LogP contribution is 2.38. The van der Waals surface area contributed by atoms with E-state index in [0.29, 0.717) is 0 Å². The number of hydrogen-bond donors (Lipinski definition) is 2. The first-order chi connectivity index (χ1) is 6.79. The maximum atomic E-state index is 12.4. The summed E-state index contributed by atoms with van der Waals surface area (Å²) in [5.74, 6) is 0. The quantitative estimate of drug-likeness (QED) is 0.798. The number of rotatable bonds is 2. The minimum absolute atomic E-state index is 0.188. The number of nitrogens with two attached hydrogens (primary N) is 1. The number of halogens is 3. The van der Waals surface area contributed by atoms with Gasteiger partial charge in [0, 0.05) is 6.54 Å². The van der Waals surface area contributed by atoms with Crippen molar-refractivity contribution >= 4 is 0 Å². The molecule has 1 rings (SSSR count). The van der Waals surface area contributed by atoms with Gasteiger partial charge in [0.25, 0.3) is 0 Å². The van der Waals surface area contributed by atoms with Crippen molar-refractivity contribution in [1.82, 2.24) is 0 Å². The van der Waals surface area contributed by atoms with Crippen LogP contribution in [0, 0.1) is 0 Å². The van der Waals surface area contributed by atoms with Crippen LogP contribution >= 0.6 is 0 Å². The van der Waals surface area contributed by atoms with Gasteiger partial charge in [0.15, 0.2) is 5.60 Å². The molecule has 0 amide bonds. The summed E-state index contributed by atoms with van der Waals surface area (Å²) in [6.45, 7) is 0.985. The van der Waals surface area contributed by atoms with Gasteiger partial charge in [-0.1, -0.05) is 24.3 Å². The molecule has 84 valence electrons. The lowest BCUT2D eigenvalue weighted by Crippen LogP contribution is -2.39.